The van der Waals surface area contributed by atoms with E-state index in [1.807, 2.05) is 12.1 Å². The van der Waals surface area contributed by atoms with Gasteiger partial charge in [-0.2, -0.15) is 0 Å². The van der Waals surface area contributed by atoms with Crippen molar-refractivity contribution in [3.05, 3.63) is 59.9 Å². The lowest BCUT2D eigenvalue weighted by molar-refractivity contribution is 0.0951. The zero-order valence-electron chi connectivity index (χ0n) is 12.5. The summed E-state index contributed by atoms with van der Waals surface area (Å²) in [6.07, 6.45) is 3.32. The predicted molar refractivity (Wildman–Crippen MR) is 84.2 cm³/mol. The van der Waals surface area contributed by atoms with Crippen LogP contribution in [0.2, 0.25) is 0 Å². The van der Waals surface area contributed by atoms with E-state index in [1.54, 1.807) is 26.2 Å². The maximum atomic E-state index is 12.0. The third-order valence-electron chi connectivity index (χ3n) is 3.27. The first-order valence-electron chi connectivity index (χ1n) is 6.92. The van der Waals surface area contributed by atoms with E-state index in [2.05, 4.69) is 10.3 Å². The van der Waals surface area contributed by atoms with Gasteiger partial charge in [0.2, 0.25) is 0 Å². The van der Waals surface area contributed by atoms with Gasteiger partial charge in [-0.3, -0.25) is 9.78 Å². The van der Waals surface area contributed by atoms with E-state index in [-0.39, 0.29) is 10.8 Å². The largest absolute Gasteiger partial charge is 0.348 e. The molecule has 2 aromatic rings. The highest BCUT2D eigenvalue weighted by atomic mass is 32.2. The predicted octanol–water partition coefficient (Wildman–Crippen LogP) is 2.19. The Hall–Kier alpha value is -2.21. The number of benzene rings is 1. The summed E-state index contributed by atoms with van der Waals surface area (Å²) in [5, 5.41) is 2.29. The van der Waals surface area contributed by atoms with Gasteiger partial charge in [-0.15, -0.1) is 0 Å². The minimum absolute atomic E-state index is 0.230. The Bertz CT molecular complexity index is 739. The zero-order chi connectivity index (χ0) is 16.2. The molecule has 0 saturated carbocycles. The van der Waals surface area contributed by atoms with Gasteiger partial charge in [-0.25, -0.2) is 8.42 Å². The monoisotopic (exact) mass is 318 g/mol. The summed E-state index contributed by atoms with van der Waals surface area (Å²) in [7, 11) is -3.31. The van der Waals surface area contributed by atoms with Crippen molar-refractivity contribution < 1.29 is 13.2 Å². The number of hydrogen-bond acceptors (Lipinski definition) is 4. The summed E-state index contributed by atoms with van der Waals surface area (Å²) >= 11 is 0. The van der Waals surface area contributed by atoms with Crippen LogP contribution in [0.3, 0.4) is 0 Å². The van der Waals surface area contributed by atoms with E-state index in [1.165, 1.54) is 24.3 Å². The van der Waals surface area contributed by atoms with Gasteiger partial charge in [0, 0.05) is 24.5 Å². The molecule has 1 aromatic carbocycles. The van der Waals surface area contributed by atoms with E-state index in [0.29, 0.717) is 12.1 Å². The van der Waals surface area contributed by atoms with Gasteiger partial charge in [0.15, 0.2) is 9.84 Å². The van der Waals surface area contributed by atoms with E-state index in [0.717, 1.165) is 5.56 Å². The number of carbonyl (C=O) groups is 1. The summed E-state index contributed by atoms with van der Waals surface area (Å²) in [6.45, 7) is 3.66. The third kappa shape index (κ3) is 3.71. The average Bonchev–Trinajstić information content (AvgIpc) is 2.53. The van der Waals surface area contributed by atoms with Crippen LogP contribution in [0.5, 0.6) is 0 Å². The molecule has 0 saturated heterocycles. The maximum absolute atomic E-state index is 12.0. The fraction of sp³-hybridized carbons (Fsp3) is 0.250. The topological polar surface area (TPSA) is 76.1 Å². The molecular formula is C16H18N2O3S. The summed E-state index contributed by atoms with van der Waals surface area (Å²) in [5.74, 6) is -0.245. The lowest BCUT2D eigenvalue weighted by Crippen LogP contribution is -2.23. The molecule has 0 unspecified atom stereocenters. The zero-order valence-corrected chi connectivity index (χ0v) is 13.3. The van der Waals surface area contributed by atoms with Crippen LogP contribution in [0, 0.1) is 0 Å². The van der Waals surface area contributed by atoms with Crippen molar-refractivity contribution in [1.29, 1.82) is 0 Å². The van der Waals surface area contributed by atoms with Crippen molar-refractivity contribution in [1.82, 2.24) is 10.3 Å². The van der Waals surface area contributed by atoms with Crippen LogP contribution in [0.15, 0.2) is 53.7 Å². The molecule has 1 heterocycles. The fourth-order valence-electron chi connectivity index (χ4n) is 1.85. The number of nitrogens with one attached hydrogen (secondary N) is 1. The normalized spacial score (nSPS) is 11.4. The lowest BCUT2D eigenvalue weighted by Gasteiger charge is -2.09. The van der Waals surface area contributed by atoms with Gasteiger partial charge in [0.25, 0.3) is 5.91 Å². The Labute approximate surface area is 130 Å². The summed E-state index contributed by atoms with van der Waals surface area (Å²) in [6, 6.07) is 9.62. The molecule has 0 atom stereocenters. The lowest BCUT2D eigenvalue weighted by atomic mass is 10.2. The van der Waals surface area contributed by atoms with Gasteiger partial charge in [-0.05, 0) is 55.8 Å². The maximum Gasteiger partial charge on any atom is 0.251 e. The molecule has 0 aliphatic rings. The summed E-state index contributed by atoms with van der Waals surface area (Å²) < 4.78 is 24.0. The van der Waals surface area contributed by atoms with Crippen LogP contribution in [0.1, 0.15) is 29.8 Å². The van der Waals surface area contributed by atoms with E-state index in [4.69, 9.17) is 0 Å². The van der Waals surface area contributed by atoms with Crippen LogP contribution >= 0.6 is 0 Å². The van der Waals surface area contributed by atoms with Crippen molar-refractivity contribution in [3.8, 4) is 0 Å². The number of aromatic nitrogens is 1. The summed E-state index contributed by atoms with van der Waals surface area (Å²) in [5.41, 5.74) is 1.37. The molecule has 116 valence electrons. The highest BCUT2D eigenvalue weighted by molar-refractivity contribution is 7.92. The Kier molecular flexibility index (Phi) is 4.92. The molecule has 1 aromatic heterocycles. The van der Waals surface area contributed by atoms with Crippen molar-refractivity contribution in [3.63, 3.8) is 0 Å². The number of rotatable bonds is 5. The minimum atomic E-state index is -3.31. The molecule has 6 heteroatoms. The second-order valence-corrected chi connectivity index (χ2v) is 7.66. The minimum Gasteiger partial charge on any atom is -0.348 e. The molecule has 0 fully saturated rings. The Morgan fingerprint density at radius 2 is 1.68 bits per heavy atom. The van der Waals surface area contributed by atoms with Crippen LogP contribution in [0.25, 0.3) is 0 Å². The highest BCUT2D eigenvalue weighted by Crippen LogP contribution is 2.16. The molecule has 5 nitrogen and oxygen atoms in total. The van der Waals surface area contributed by atoms with Gasteiger partial charge < -0.3 is 5.32 Å². The van der Waals surface area contributed by atoms with Gasteiger partial charge in [0.05, 0.1) is 10.1 Å². The Balaban J connectivity index is 2.06. The van der Waals surface area contributed by atoms with Crippen LogP contribution in [0.4, 0.5) is 0 Å². The molecule has 0 spiro atoms. The molecule has 22 heavy (non-hydrogen) atoms. The second kappa shape index (κ2) is 6.70. The van der Waals surface area contributed by atoms with E-state index >= 15 is 0 Å². The Morgan fingerprint density at radius 3 is 2.23 bits per heavy atom. The Morgan fingerprint density at radius 1 is 1.09 bits per heavy atom. The number of sulfone groups is 1. The van der Waals surface area contributed by atoms with E-state index < -0.39 is 15.1 Å². The van der Waals surface area contributed by atoms with Crippen LogP contribution in [-0.2, 0) is 16.4 Å². The summed E-state index contributed by atoms with van der Waals surface area (Å²) in [4.78, 5) is 16.2. The van der Waals surface area contributed by atoms with Crippen molar-refractivity contribution in [2.45, 2.75) is 30.5 Å². The molecule has 0 bridgehead atoms. The van der Waals surface area contributed by atoms with Crippen molar-refractivity contribution in [2.24, 2.45) is 0 Å². The molecular weight excluding hydrogens is 300 g/mol. The third-order valence-corrected chi connectivity index (χ3v) is 5.44. The molecule has 2 rings (SSSR count). The number of amides is 1. The number of nitrogens with zero attached hydrogens (tertiary/aromatic N) is 1. The first-order chi connectivity index (χ1) is 10.4. The molecule has 0 aliphatic carbocycles. The number of hydrogen-bond donors (Lipinski definition) is 1. The first kappa shape index (κ1) is 16.2. The molecule has 0 aliphatic heterocycles. The van der Waals surface area contributed by atoms with Crippen LogP contribution < -0.4 is 5.32 Å². The smallest absolute Gasteiger partial charge is 0.251 e. The SMILES string of the molecule is CC(C)S(=O)(=O)c1ccc(C(=O)NCc2ccncc2)cc1. The van der Waals surface area contributed by atoms with Gasteiger partial charge in [0.1, 0.15) is 0 Å². The quantitative estimate of drug-likeness (QED) is 0.917. The van der Waals surface area contributed by atoms with Crippen molar-refractivity contribution >= 4 is 15.7 Å². The number of carbonyl (C=O) groups excluding carboxylic acids is 1. The van der Waals surface area contributed by atoms with E-state index in [9.17, 15) is 13.2 Å². The molecule has 1 N–H and O–H groups in total. The molecule has 1 amide bonds. The molecule has 0 radical (unpaired) electrons. The first-order valence-corrected chi connectivity index (χ1v) is 8.47. The standard InChI is InChI=1S/C16H18N2O3S/c1-12(2)22(20,21)15-5-3-14(4-6-15)16(19)18-11-13-7-9-17-10-8-13/h3-10,12H,11H2,1-2H3,(H,18,19). The van der Waals surface area contributed by atoms with Gasteiger partial charge in [-0.1, -0.05) is 0 Å². The number of pyridine rings is 1. The highest BCUT2D eigenvalue weighted by Gasteiger charge is 2.19. The average molecular weight is 318 g/mol. The van der Waals surface area contributed by atoms with Crippen molar-refractivity contribution in [2.75, 3.05) is 0 Å². The second-order valence-electron chi connectivity index (χ2n) is 5.16. The fourth-order valence-corrected chi connectivity index (χ4v) is 2.91. The van der Waals surface area contributed by atoms with Gasteiger partial charge >= 0.3 is 0 Å². The van der Waals surface area contributed by atoms with Crippen LogP contribution in [-0.4, -0.2) is 24.6 Å².